The highest BCUT2D eigenvalue weighted by atomic mass is 16.5. The number of aryl methyl sites for hydroxylation is 1. The fourth-order valence-electron chi connectivity index (χ4n) is 4.57. The largest absolute Gasteiger partial charge is 0.491 e. The van der Waals surface area contributed by atoms with Gasteiger partial charge in [-0.2, -0.15) is 0 Å². The third kappa shape index (κ3) is 3.29. The topological polar surface area (TPSA) is 53.0 Å². The molecule has 1 atom stereocenters. The number of likely N-dealkylation sites (N-methyl/N-ethyl adjacent to an activating group) is 1. The number of carbonyl (C=O) groups is 1. The molecule has 2 aromatic carbocycles. The molecule has 1 N–H and O–H groups in total. The fourth-order valence-corrected chi connectivity index (χ4v) is 4.57. The number of hydrogen-bond acceptors (Lipinski definition) is 4. The second kappa shape index (κ2) is 7.57. The van der Waals surface area contributed by atoms with Gasteiger partial charge in [-0.1, -0.05) is 36.4 Å². The number of hydrogen-bond donors (Lipinski definition) is 1. The van der Waals surface area contributed by atoms with E-state index in [2.05, 4.69) is 11.0 Å². The monoisotopic (exact) mass is 380 g/mol. The lowest BCUT2D eigenvalue weighted by Gasteiger charge is -2.39. The van der Waals surface area contributed by atoms with Crippen LogP contribution in [0.5, 0.6) is 5.75 Å². The normalized spacial score (nSPS) is 19.7. The molecular formula is C23H28N2O3. The smallest absolute Gasteiger partial charge is 0.237 e. The molecular weight excluding hydrogens is 352 g/mol. The number of benzene rings is 2. The molecule has 4 rings (SSSR count). The highest BCUT2D eigenvalue weighted by molar-refractivity contribution is 6.07. The maximum atomic E-state index is 13.0. The molecule has 0 radical (unpaired) electrons. The van der Waals surface area contributed by atoms with Crippen LogP contribution in [0, 0.1) is 6.92 Å². The fraction of sp³-hybridized carbons (Fsp3) is 0.435. The second-order valence-electron chi connectivity index (χ2n) is 7.99. The van der Waals surface area contributed by atoms with E-state index < -0.39 is 11.5 Å². The Kier molecular flexibility index (Phi) is 5.13. The van der Waals surface area contributed by atoms with Crippen LogP contribution in [0.4, 0.5) is 5.69 Å². The van der Waals surface area contributed by atoms with E-state index in [9.17, 15) is 9.90 Å². The zero-order chi connectivity index (χ0) is 19.7. The van der Waals surface area contributed by atoms with Crippen molar-refractivity contribution in [3.8, 4) is 5.75 Å². The van der Waals surface area contributed by atoms with Crippen molar-refractivity contribution in [3.63, 3.8) is 0 Å². The number of amides is 1. The van der Waals surface area contributed by atoms with E-state index in [-0.39, 0.29) is 12.5 Å². The Bertz CT molecular complexity index is 858. The second-order valence-corrected chi connectivity index (χ2v) is 7.99. The molecule has 2 aliphatic heterocycles. The summed E-state index contributed by atoms with van der Waals surface area (Å²) < 4.78 is 5.77. The highest BCUT2D eigenvalue weighted by Gasteiger charge is 2.50. The van der Waals surface area contributed by atoms with Crippen molar-refractivity contribution >= 4 is 11.6 Å². The molecule has 5 heteroatoms. The minimum absolute atomic E-state index is 0.205. The number of para-hydroxylation sites is 2. The van der Waals surface area contributed by atoms with Crippen molar-refractivity contribution < 1.29 is 14.6 Å². The van der Waals surface area contributed by atoms with Gasteiger partial charge in [0, 0.05) is 19.3 Å². The lowest BCUT2D eigenvalue weighted by Crippen LogP contribution is -2.49. The molecule has 148 valence electrons. The third-order valence-electron chi connectivity index (χ3n) is 6.20. The summed E-state index contributed by atoms with van der Waals surface area (Å²) in [6, 6.07) is 16.0. The Morgan fingerprint density at radius 3 is 2.54 bits per heavy atom. The molecule has 1 amide bonds. The number of aliphatic hydroxyl groups is 1. The van der Waals surface area contributed by atoms with E-state index >= 15 is 0 Å². The third-order valence-corrected chi connectivity index (χ3v) is 6.20. The number of aliphatic hydroxyl groups excluding tert-OH is 1. The Balaban J connectivity index is 1.35. The average molecular weight is 380 g/mol. The van der Waals surface area contributed by atoms with Gasteiger partial charge in [-0.05, 0) is 56.1 Å². The number of piperidine rings is 1. The predicted octanol–water partition coefficient (Wildman–Crippen LogP) is 2.74. The molecule has 0 aliphatic carbocycles. The van der Waals surface area contributed by atoms with Crippen LogP contribution in [0.2, 0.25) is 0 Å². The summed E-state index contributed by atoms with van der Waals surface area (Å²) in [6.45, 7) is 4.44. The van der Waals surface area contributed by atoms with Crippen LogP contribution >= 0.6 is 0 Å². The molecule has 0 saturated carbocycles. The Morgan fingerprint density at radius 1 is 1.11 bits per heavy atom. The van der Waals surface area contributed by atoms with Crippen molar-refractivity contribution in [2.45, 2.75) is 31.3 Å². The minimum atomic E-state index is -0.553. The standard InChI is InChI=1S/C23H28N2O3/c1-17-7-3-6-10-21(17)28-16-18(26)15-25-13-11-23(12-14-25)19-8-4-5-9-20(19)24(2)22(23)27/h3-10,18,26H,11-16H2,1-2H3. The Hall–Kier alpha value is -2.37. The minimum Gasteiger partial charge on any atom is -0.491 e. The summed E-state index contributed by atoms with van der Waals surface area (Å²) in [4.78, 5) is 17.0. The molecule has 2 heterocycles. The first-order valence-corrected chi connectivity index (χ1v) is 9.98. The van der Waals surface area contributed by atoms with Crippen LogP contribution in [0.15, 0.2) is 48.5 Å². The van der Waals surface area contributed by atoms with Gasteiger partial charge in [0.1, 0.15) is 18.5 Å². The first kappa shape index (κ1) is 19.0. The van der Waals surface area contributed by atoms with Gasteiger partial charge < -0.3 is 19.6 Å². The lowest BCUT2D eigenvalue weighted by atomic mass is 9.73. The van der Waals surface area contributed by atoms with Crippen molar-refractivity contribution in [2.75, 3.05) is 38.2 Å². The number of likely N-dealkylation sites (tertiary alicyclic amines) is 1. The summed E-state index contributed by atoms with van der Waals surface area (Å²) in [6.07, 6.45) is 1.03. The van der Waals surface area contributed by atoms with Gasteiger partial charge in [-0.25, -0.2) is 0 Å². The van der Waals surface area contributed by atoms with Crippen molar-refractivity contribution in [1.29, 1.82) is 0 Å². The molecule has 0 bridgehead atoms. The number of carbonyl (C=O) groups excluding carboxylic acids is 1. The molecule has 5 nitrogen and oxygen atoms in total. The molecule has 2 aromatic rings. The molecule has 1 spiro atoms. The van der Waals surface area contributed by atoms with E-state index in [1.165, 1.54) is 0 Å². The van der Waals surface area contributed by atoms with E-state index in [0.29, 0.717) is 6.54 Å². The first-order valence-electron chi connectivity index (χ1n) is 9.98. The Morgan fingerprint density at radius 2 is 1.79 bits per heavy atom. The molecule has 0 aromatic heterocycles. The number of fused-ring (bicyclic) bond motifs is 2. The van der Waals surface area contributed by atoms with E-state index in [0.717, 1.165) is 48.5 Å². The highest BCUT2D eigenvalue weighted by Crippen LogP contribution is 2.47. The van der Waals surface area contributed by atoms with Gasteiger partial charge in [-0.3, -0.25) is 4.79 Å². The lowest BCUT2D eigenvalue weighted by molar-refractivity contribution is -0.124. The van der Waals surface area contributed by atoms with Crippen molar-refractivity contribution in [3.05, 3.63) is 59.7 Å². The summed E-state index contributed by atoms with van der Waals surface area (Å²) in [5.74, 6) is 1.02. The summed E-state index contributed by atoms with van der Waals surface area (Å²) >= 11 is 0. The number of nitrogens with zero attached hydrogens (tertiary/aromatic N) is 2. The number of β-amino-alcohol motifs (C(OH)–C–C–N with tert-alkyl or cyclic N) is 1. The predicted molar refractivity (Wildman–Crippen MR) is 110 cm³/mol. The molecule has 1 fully saturated rings. The maximum absolute atomic E-state index is 13.0. The quantitative estimate of drug-likeness (QED) is 0.867. The van der Waals surface area contributed by atoms with Gasteiger partial charge >= 0.3 is 0 Å². The van der Waals surface area contributed by atoms with Gasteiger partial charge in [0.15, 0.2) is 0 Å². The molecule has 28 heavy (non-hydrogen) atoms. The van der Waals surface area contributed by atoms with Gasteiger partial charge in [0.05, 0.1) is 5.41 Å². The van der Waals surface area contributed by atoms with Gasteiger partial charge in [0.25, 0.3) is 0 Å². The van der Waals surface area contributed by atoms with E-state index in [1.807, 2.05) is 56.4 Å². The maximum Gasteiger partial charge on any atom is 0.237 e. The van der Waals surface area contributed by atoms with Crippen LogP contribution in [-0.4, -0.2) is 55.3 Å². The number of rotatable bonds is 5. The first-order chi connectivity index (χ1) is 13.5. The zero-order valence-electron chi connectivity index (χ0n) is 16.6. The SMILES string of the molecule is Cc1ccccc1OCC(O)CN1CCC2(CC1)C(=O)N(C)c1ccccc12. The average Bonchev–Trinajstić information content (AvgIpc) is 2.92. The van der Waals surface area contributed by atoms with E-state index in [1.54, 1.807) is 4.90 Å². The Labute approximate surface area is 166 Å². The number of ether oxygens (including phenoxy) is 1. The van der Waals surface area contributed by atoms with Crippen LogP contribution in [-0.2, 0) is 10.2 Å². The zero-order valence-corrected chi connectivity index (χ0v) is 16.6. The molecule has 1 saturated heterocycles. The number of anilines is 1. The summed E-state index contributed by atoms with van der Waals surface area (Å²) in [5, 5.41) is 10.4. The van der Waals surface area contributed by atoms with Crippen LogP contribution in [0.25, 0.3) is 0 Å². The summed E-state index contributed by atoms with van der Waals surface area (Å²) in [5.41, 5.74) is 2.86. The molecule has 1 unspecified atom stereocenters. The van der Waals surface area contributed by atoms with Crippen molar-refractivity contribution in [2.24, 2.45) is 0 Å². The summed E-state index contributed by atoms with van der Waals surface area (Å²) in [7, 11) is 1.87. The van der Waals surface area contributed by atoms with Crippen LogP contribution in [0.3, 0.4) is 0 Å². The van der Waals surface area contributed by atoms with E-state index in [4.69, 9.17) is 4.74 Å². The van der Waals surface area contributed by atoms with Gasteiger partial charge in [0.2, 0.25) is 5.91 Å². The van der Waals surface area contributed by atoms with Crippen LogP contribution in [0.1, 0.15) is 24.0 Å². The van der Waals surface area contributed by atoms with Crippen molar-refractivity contribution in [1.82, 2.24) is 4.90 Å². The van der Waals surface area contributed by atoms with Crippen LogP contribution < -0.4 is 9.64 Å². The van der Waals surface area contributed by atoms with Gasteiger partial charge in [-0.15, -0.1) is 0 Å². The molecule has 2 aliphatic rings.